The van der Waals surface area contributed by atoms with Gasteiger partial charge in [-0.1, -0.05) is 11.6 Å². The van der Waals surface area contributed by atoms with Crippen molar-refractivity contribution in [1.29, 1.82) is 0 Å². The highest BCUT2D eigenvalue weighted by Crippen LogP contribution is 2.35. The molecule has 26 heavy (non-hydrogen) atoms. The van der Waals surface area contributed by atoms with Gasteiger partial charge in [-0.25, -0.2) is 4.79 Å². The summed E-state index contributed by atoms with van der Waals surface area (Å²) in [6, 6.07) is 3.26. The van der Waals surface area contributed by atoms with Crippen molar-refractivity contribution < 1.29 is 9.53 Å². The smallest absolute Gasteiger partial charge is 0.326 e. The second-order valence-electron chi connectivity index (χ2n) is 6.24. The minimum Gasteiger partial charge on any atom is -0.491 e. The maximum absolute atomic E-state index is 12.2. The fourth-order valence-electron chi connectivity index (χ4n) is 2.99. The van der Waals surface area contributed by atoms with Crippen molar-refractivity contribution in [3.8, 4) is 5.75 Å². The number of nitrogens with one attached hydrogen (secondary N) is 3. The first-order valence-corrected chi connectivity index (χ1v) is 8.60. The van der Waals surface area contributed by atoms with E-state index in [1.807, 2.05) is 17.1 Å². The fraction of sp³-hybridized carbons (Fsp3) is 0.353. The van der Waals surface area contributed by atoms with Crippen molar-refractivity contribution >= 4 is 23.2 Å². The van der Waals surface area contributed by atoms with Crippen LogP contribution in [-0.4, -0.2) is 28.5 Å². The number of aromatic nitrogens is 2. The van der Waals surface area contributed by atoms with E-state index in [0.717, 1.165) is 41.2 Å². The number of rotatable bonds is 5. The lowest BCUT2D eigenvalue weighted by molar-refractivity contribution is 0.0922. The Labute approximate surface area is 153 Å². The monoisotopic (exact) mass is 378 g/mol. The lowest BCUT2D eigenvalue weighted by Crippen LogP contribution is -2.40. The number of hydrogen-bond donors (Lipinski definition) is 4. The first-order valence-electron chi connectivity index (χ1n) is 8.22. The molecule has 1 aromatic heterocycles. The van der Waals surface area contributed by atoms with Crippen LogP contribution in [0.1, 0.15) is 35.0 Å². The van der Waals surface area contributed by atoms with Gasteiger partial charge in [-0.3, -0.25) is 14.6 Å². The molecule has 5 N–H and O–H groups in total. The highest BCUT2D eigenvalue weighted by molar-refractivity contribution is 6.31. The number of hydrogen-bond acceptors (Lipinski definition) is 5. The average molecular weight is 379 g/mol. The van der Waals surface area contributed by atoms with Gasteiger partial charge in [0, 0.05) is 5.02 Å². The number of fused-ring (bicyclic) bond motifs is 1. The Kier molecular flexibility index (Phi) is 5.03. The van der Waals surface area contributed by atoms with Crippen LogP contribution in [0.25, 0.3) is 0 Å². The van der Waals surface area contributed by atoms with Crippen LogP contribution in [0.15, 0.2) is 21.7 Å². The van der Waals surface area contributed by atoms with Gasteiger partial charge in [0.2, 0.25) is 0 Å². The molecule has 0 saturated heterocycles. The van der Waals surface area contributed by atoms with Gasteiger partial charge in [-0.15, -0.1) is 0 Å². The van der Waals surface area contributed by atoms with Crippen LogP contribution >= 0.6 is 11.6 Å². The molecule has 1 unspecified atom stereocenters. The van der Waals surface area contributed by atoms with Gasteiger partial charge in [0.15, 0.2) is 0 Å². The lowest BCUT2D eigenvalue weighted by atomic mass is 10.1. The normalized spacial score (nSPS) is 13.9. The minimum absolute atomic E-state index is 0.215. The van der Waals surface area contributed by atoms with E-state index in [-0.39, 0.29) is 24.0 Å². The zero-order chi connectivity index (χ0) is 18.8. The standard InChI is InChI=1S/C17H19ClN4O4/c1-8(20-16(24)14-13(19)15(23)22-17(25)21-14)7-26-12-6-5-11(18)9-3-2-4-10(9)12/h5-6,8H,2-4,7,19H2,1H3,(H,20,24)(H2,21,22,23,25). The first kappa shape index (κ1) is 18.1. The summed E-state index contributed by atoms with van der Waals surface area (Å²) in [5.74, 6) is 0.107. The Morgan fingerprint density at radius 3 is 2.81 bits per heavy atom. The highest BCUT2D eigenvalue weighted by Gasteiger charge is 2.20. The molecule has 3 rings (SSSR count). The van der Waals surface area contributed by atoms with Crippen LogP contribution in [0.5, 0.6) is 5.75 Å². The predicted molar refractivity (Wildman–Crippen MR) is 98.0 cm³/mol. The van der Waals surface area contributed by atoms with E-state index in [9.17, 15) is 14.4 Å². The second kappa shape index (κ2) is 7.25. The third-order valence-electron chi connectivity index (χ3n) is 4.26. The topological polar surface area (TPSA) is 130 Å². The zero-order valence-corrected chi connectivity index (χ0v) is 14.9. The summed E-state index contributed by atoms with van der Waals surface area (Å²) in [5.41, 5.74) is 5.57. The summed E-state index contributed by atoms with van der Waals surface area (Å²) >= 11 is 6.20. The summed E-state index contributed by atoms with van der Waals surface area (Å²) in [7, 11) is 0. The molecule has 0 fully saturated rings. The maximum Gasteiger partial charge on any atom is 0.326 e. The number of aromatic amines is 2. The molecule has 1 aromatic carbocycles. The predicted octanol–water partition coefficient (Wildman–Crippen LogP) is 0.985. The first-order chi connectivity index (χ1) is 12.4. The number of anilines is 1. The van der Waals surface area contributed by atoms with Crippen molar-refractivity contribution in [2.24, 2.45) is 0 Å². The molecule has 1 amide bonds. The zero-order valence-electron chi connectivity index (χ0n) is 14.1. The molecule has 1 aliphatic carbocycles. The third-order valence-corrected chi connectivity index (χ3v) is 4.61. The largest absolute Gasteiger partial charge is 0.491 e. The van der Waals surface area contributed by atoms with Gasteiger partial charge in [0.05, 0.1) is 6.04 Å². The quantitative estimate of drug-likeness (QED) is 0.616. The van der Waals surface area contributed by atoms with Crippen molar-refractivity contribution in [2.75, 3.05) is 12.3 Å². The van der Waals surface area contributed by atoms with Crippen LogP contribution < -0.4 is 27.0 Å². The summed E-state index contributed by atoms with van der Waals surface area (Å²) in [6.07, 6.45) is 2.89. The number of halogens is 1. The van der Waals surface area contributed by atoms with Crippen LogP contribution in [0, 0.1) is 0 Å². The minimum atomic E-state index is -0.806. The molecular weight excluding hydrogens is 360 g/mol. The molecule has 1 heterocycles. The Bertz CT molecular complexity index is 966. The molecule has 138 valence electrons. The molecule has 0 radical (unpaired) electrons. The number of carbonyl (C=O) groups excluding carboxylic acids is 1. The Hall–Kier alpha value is -2.74. The molecule has 1 aliphatic rings. The van der Waals surface area contributed by atoms with Gasteiger partial charge >= 0.3 is 5.69 Å². The Morgan fingerprint density at radius 2 is 2.04 bits per heavy atom. The SMILES string of the molecule is CC(COc1ccc(Cl)c2c1CCC2)NC(=O)c1[nH]c(=O)[nH]c(=O)c1N. The fourth-order valence-corrected chi connectivity index (χ4v) is 3.26. The number of nitrogens with two attached hydrogens (primary N) is 1. The van der Waals surface area contributed by atoms with Gasteiger partial charge in [-0.05, 0) is 49.4 Å². The molecule has 8 nitrogen and oxygen atoms in total. The van der Waals surface area contributed by atoms with Crippen LogP contribution in [0.3, 0.4) is 0 Å². The van der Waals surface area contributed by atoms with Gasteiger partial charge in [0.25, 0.3) is 11.5 Å². The number of benzene rings is 1. The maximum atomic E-state index is 12.2. The summed E-state index contributed by atoms with van der Waals surface area (Å²) in [6.45, 7) is 1.96. The van der Waals surface area contributed by atoms with E-state index in [2.05, 4.69) is 10.3 Å². The Balaban J connectivity index is 1.66. The van der Waals surface area contributed by atoms with Crippen molar-refractivity contribution in [2.45, 2.75) is 32.2 Å². The summed E-state index contributed by atoms with van der Waals surface area (Å²) < 4.78 is 5.84. The van der Waals surface area contributed by atoms with Crippen LogP contribution in [0.2, 0.25) is 5.02 Å². The van der Waals surface area contributed by atoms with E-state index in [1.54, 1.807) is 6.92 Å². The molecule has 0 spiro atoms. The van der Waals surface area contributed by atoms with E-state index in [4.69, 9.17) is 22.1 Å². The molecule has 1 atom stereocenters. The van der Waals surface area contributed by atoms with Crippen molar-refractivity contribution in [3.63, 3.8) is 0 Å². The number of ether oxygens (including phenoxy) is 1. The van der Waals surface area contributed by atoms with Crippen LogP contribution in [-0.2, 0) is 12.8 Å². The summed E-state index contributed by atoms with van der Waals surface area (Å²) in [4.78, 5) is 39.2. The lowest BCUT2D eigenvalue weighted by Gasteiger charge is -2.17. The van der Waals surface area contributed by atoms with E-state index >= 15 is 0 Å². The Morgan fingerprint density at radius 1 is 1.31 bits per heavy atom. The number of H-pyrrole nitrogens is 2. The van der Waals surface area contributed by atoms with Crippen LogP contribution in [0.4, 0.5) is 5.69 Å². The molecule has 0 saturated carbocycles. The van der Waals surface area contributed by atoms with Gasteiger partial charge in [-0.2, -0.15) is 0 Å². The molecule has 0 aliphatic heterocycles. The van der Waals surface area contributed by atoms with E-state index < -0.39 is 17.2 Å². The van der Waals surface area contributed by atoms with E-state index in [1.165, 1.54) is 0 Å². The van der Waals surface area contributed by atoms with Crippen molar-refractivity contribution in [1.82, 2.24) is 15.3 Å². The number of carbonyl (C=O) groups is 1. The molecule has 2 aromatic rings. The van der Waals surface area contributed by atoms with Gasteiger partial charge in [0.1, 0.15) is 23.7 Å². The highest BCUT2D eigenvalue weighted by atomic mass is 35.5. The second-order valence-corrected chi connectivity index (χ2v) is 6.65. The van der Waals surface area contributed by atoms with Crippen molar-refractivity contribution in [3.05, 3.63) is 54.8 Å². The number of nitrogen functional groups attached to an aromatic ring is 1. The summed E-state index contributed by atoms with van der Waals surface area (Å²) in [5, 5.41) is 3.40. The van der Waals surface area contributed by atoms with E-state index in [0.29, 0.717) is 0 Å². The van der Waals surface area contributed by atoms with Gasteiger partial charge < -0.3 is 20.8 Å². The molecular formula is C17H19ClN4O4. The molecule has 9 heteroatoms. The number of amides is 1. The average Bonchev–Trinajstić information content (AvgIpc) is 3.08. The molecule has 0 bridgehead atoms. The third kappa shape index (κ3) is 3.60.